The number of nitrogens with zero attached hydrogens (tertiary/aromatic N) is 4. The Balaban J connectivity index is 1.26. The van der Waals surface area contributed by atoms with Crippen molar-refractivity contribution in [3.8, 4) is 0 Å². The number of aliphatic hydroxyl groups excluding tert-OH is 6. The number of nitrogens with one attached hydrogen (secondary N) is 1. The number of fused-ring (bicyclic) bond motifs is 1. The molecule has 0 spiro atoms. The first-order valence-electron chi connectivity index (χ1n) is 12.2. The summed E-state index contributed by atoms with van der Waals surface area (Å²) in [6.07, 6.45) is -13.1. The lowest BCUT2D eigenvalue weighted by molar-refractivity contribution is -0.282. The van der Waals surface area contributed by atoms with E-state index in [1.165, 1.54) is 10.9 Å². The fourth-order valence-corrected chi connectivity index (χ4v) is 6.81. The minimum Gasteiger partial charge on any atom is -0.388 e. The summed E-state index contributed by atoms with van der Waals surface area (Å²) in [7, 11) is -10.4. The number of hydrogen-bond acceptors (Lipinski definition) is 17. The van der Waals surface area contributed by atoms with Crippen molar-refractivity contribution in [3.05, 3.63) is 12.7 Å². The van der Waals surface area contributed by atoms with Gasteiger partial charge in [0.15, 0.2) is 24.0 Å². The summed E-state index contributed by atoms with van der Waals surface area (Å²) in [6, 6.07) is 0. The highest BCUT2D eigenvalue weighted by Crippen LogP contribution is 2.59. The van der Waals surface area contributed by atoms with Crippen molar-refractivity contribution in [2.75, 3.05) is 25.0 Å². The van der Waals surface area contributed by atoms with Crippen LogP contribution < -0.4 is 11.1 Å². The number of nitrogens with two attached hydrogens (primary N) is 1. The summed E-state index contributed by atoms with van der Waals surface area (Å²) in [4.78, 5) is 43.7. The first-order valence-corrected chi connectivity index (χ1v) is 15.5. The second kappa shape index (κ2) is 12.8. The number of phosphoric ester groups is 1. The van der Waals surface area contributed by atoms with Crippen molar-refractivity contribution in [2.24, 2.45) is 0 Å². The third-order valence-corrected chi connectivity index (χ3v) is 9.42. The Hall–Kier alpha value is -2.20. The SMILES string of the molecule is Nc1ncnc2c1ncn2[C@@H]1O[C@H](COP(=O)(O)OP(=O)(O)CC(=O)NCC[C@H]2OC(O)[C@H](O)[C@@H](O)[C@@H]2O)[C@@H](O)[C@H]1O. The average molecular weight is 644 g/mol. The highest BCUT2D eigenvalue weighted by Gasteiger charge is 2.46. The predicted octanol–water partition coefficient (Wildman–Crippen LogP) is -4.35. The first kappa shape index (κ1) is 32.7. The molecule has 2 aromatic heterocycles. The summed E-state index contributed by atoms with van der Waals surface area (Å²) < 4.78 is 45.3. The monoisotopic (exact) mass is 644 g/mol. The maximum absolute atomic E-state index is 12.3. The Morgan fingerprint density at radius 2 is 1.67 bits per heavy atom. The van der Waals surface area contributed by atoms with Crippen molar-refractivity contribution in [3.63, 3.8) is 0 Å². The Morgan fingerprint density at radius 3 is 2.38 bits per heavy atom. The van der Waals surface area contributed by atoms with Crippen molar-refractivity contribution in [2.45, 2.75) is 61.7 Å². The van der Waals surface area contributed by atoms with Gasteiger partial charge in [-0.25, -0.2) is 23.8 Å². The number of imidazole rings is 1. The highest BCUT2D eigenvalue weighted by atomic mass is 31.3. The number of aromatic nitrogens is 4. The van der Waals surface area contributed by atoms with Crippen LogP contribution in [0.4, 0.5) is 5.82 Å². The van der Waals surface area contributed by atoms with E-state index in [2.05, 4.69) is 29.1 Å². The summed E-state index contributed by atoms with van der Waals surface area (Å²) in [5.74, 6) is -1.07. The van der Waals surface area contributed by atoms with E-state index < -0.39 is 89.3 Å². The fraction of sp³-hybridized carbons (Fsp3) is 0.684. The lowest BCUT2D eigenvalue weighted by atomic mass is 9.97. The molecule has 0 aliphatic carbocycles. The summed E-state index contributed by atoms with van der Waals surface area (Å²) in [5.41, 5.74) is 6.08. The summed E-state index contributed by atoms with van der Waals surface area (Å²) >= 11 is 0. The third kappa shape index (κ3) is 7.29. The molecule has 3 unspecified atom stereocenters. The zero-order chi connectivity index (χ0) is 31.0. The van der Waals surface area contributed by atoms with Crippen molar-refractivity contribution < 1.29 is 72.7 Å². The molecule has 0 bridgehead atoms. The largest absolute Gasteiger partial charge is 0.479 e. The topological polar surface area (TPSA) is 332 Å². The van der Waals surface area contributed by atoms with E-state index in [4.69, 9.17) is 15.2 Å². The average Bonchev–Trinajstić information content (AvgIpc) is 3.45. The molecule has 2 fully saturated rings. The number of phosphoric acid groups is 1. The number of carbonyl (C=O) groups excluding carboxylic acids is 1. The van der Waals surface area contributed by atoms with E-state index >= 15 is 0 Å². The van der Waals surface area contributed by atoms with E-state index in [0.717, 1.165) is 6.33 Å². The van der Waals surface area contributed by atoms with E-state index in [1.54, 1.807) is 0 Å². The second-order valence-corrected chi connectivity index (χ2v) is 12.9. The normalized spacial score (nSPS) is 34.6. The number of nitrogen functional groups attached to an aromatic ring is 1. The van der Waals surface area contributed by atoms with Gasteiger partial charge in [0, 0.05) is 6.54 Å². The van der Waals surface area contributed by atoms with E-state index in [9.17, 15) is 54.4 Å². The molecule has 11 N–H and O–H groups in total. The van der Waals surface area contributed by atoms with Gasteiger partial charge >= 0.3 is 15.4 Å². The van der Waals surface area contributed by atoms with Crippen LogP contribution in [0.3, 0.4) is 0 Å². The van der Waals surface area contributed by atoms with Gasteiger partial charge in [0.05, 0.1) is 19.0 Å². The van der Waals surface area contributed by atoms with Gasteiger partial charge in [0.2, 0.25) is 5.91 Å². The number of aliphatic hydroxyl groups is 6. The molecule has 11 atom stereocenters. The molecule has 42 heavy (non-hydrogen) atoms. The van der Waals surface area contributed by atoms with Crippen LogP contribution in [0.15, 0.2) is 12.7 Å². The third-order valence-electron chi connectivity index (χ3n) is 6.41. The Bertz CT molecular complexity index is 1370. The number of rotatable bonds is 11. The van der Waals surface area contributed by atoms with Gasteiger partial charge in [0.1, 0.15) is 54.6 Å². The van der Waals surface area contributed by atoms with Crippen molar-refractivity contribution in [1.82, 2.24) is 24.8 Å². The van der Waals surface area contributed by atoms with Crippen molar-refractivity contribution >= 4 is 38.3 Å². The molecule has 23 heteroatoms. The molecule has 4 heterocycles. The van der Waals surface area contributed by atoms with Crippen LogP contribution in [-0.2, 0) is 32.2 Å². The van der Waals surface area contributed by atoms with Crippen LogP contribution in [0.1, 0.15) is 12.6 Å². The van der Waals surface area contributed by atoms with E-state index in [1.807, 2.05) is 0 Å². The molecule has 21 nitrogen and oxygen atoms in total. The molecular formula is C19H30N6O15P2. The number of hydrogen-bond donors (Lipinski definition) is 10. The van der Waals surface area contributed by atoms with Crippen LogP contribution in [0.5, 0.6) is 0 Å². The molecule has 0 aromatic carbocycles. The molecule has 2 aromatic rings. The zero-order valence-electron chi connectivity index (χ0n) is 21.4. The van der Waals surface area contributed by atoms with Gasteiger partial charge < -0.3 is 61.0 Å². The van der Waals surface area contributed by atoms with Gasteiger partial charge in [-0.1, -0.05) is 0 Å². The van der Waals surface area contributed by atoms with E-state index in [0.29, 0.717) is 0 Å². The quantitative estimate of drug-likeness (QED) is 0.103. The molecular weight excluding hydrogens is 614 g/mol. The minimum absolute atomic E-state index is 0.0459. The Morgan fingerprint density at radius 1 is 0.976 bits per heavy atom. The summed E-state index contributed by atoms with van der Waals surface area (Å²) in [5, 5.41) is 61.5. The number of anilines is 1. The van der Waals surface area contributed by atoms with Crippen LogP contribution >= 0.6 is 15.4 Å². The number of carbonyl (C=O) groups is 1. The van der Waals surface area contributed by atoms with Crippen LogP contribution in [0, 0.1) is 0 Å². The highest BCUT2D eigenvalue weighted by molar-refractivity contribution is 7.64. The molecule has 4 rings (SSSR count). The second-order valence-electron chi connectivity index (χ2n) is 9.45. The van der Waals surface area contributed by atoms with Gasteiger partial charge in [-0.05, 0) is 6.42 Å². The Kier molecular flexibility index (Phi) is 9.97. The lowest BCUT2D eigenvalue weighted by Gasteiger charge is -2.38. The molecule has 0 radical (unpaired) electrons. The smallest absolute Gasteiger partial charge is 0.388 e. The molecule has 1 amide bonds. The molecule has 2 aliphatic heterocycles. The van der Waals surface area contributed by atoms with Gasteiger partial charge in [-0.2, -0.15) is 0 Å². The van der Waals surface area contributed by atoms with E-state index in [-0.39, 0.29) is 29.9 Å². The molecule has 2 aliphatic rings. The zero-order valence-corrected chi connectivity index (χ0v) is 23.2. The molecule has 236 valence electrons. The lowest BCUT2D eigenvalue weighted by Crippen LogP contribution is -2.57. The van der Waals surface area contributed by atoms with Gasteiger partial charge in [-0.3, -0.25) is 18.5 Å². The molecule has 0 saturated carbocycles. The standard InChI is InChI=1S/C19H30N6O15P2/c20-16-10-17(23-5-22-16)25(6-24-10)18-14(30)12(28)8(38-18)3-37-42(35,36)40-41(33,34)4-9(26)21-2-1-7-11(27)13(29)15(31)19(32)39-7/h5-8,11-15,18-19,27-32H,1-4H2,(H,21,26)(H,33,34)(H,35,36)(H2,20,22,23)/t7-,8-,11-,12-,13+,14-,15-,18-,19?/m1/s1. The van der Waals surface area contributed by atoms with Gasteiger partial charge in [-0.15, -0.1) is 0 Å². The van der Waals surface area contributed by atoms with Crippen LogP contribution in [-0.4, -0.2) is 134 Å². The van der Waals surface area contributed by atoms with Gasteiger partial charge in [0.25, 0.3) is 0 Å². The number of amides is 1. The van der Waals surface area contributed by atoms with Crippen LogP contribution in [0.25, 0.3) is 11.2 Å². The number of ether oxygens (including phenoxy) is 2. The minimum atomic E-state index is -5.32. The predicted molar refractivity (Wildman–Crippen MR) is 134 cm³/mol. The first-order chi connectivity index (χ1) is 19.6. The molecule has 2 saturated heterocycles. The Labute approximate surface area is 235 Å². The maximum Gasteiger partial charge on any atom is 0.479 e. The van der Waals surface area contributed by atoms with Crippen molar-refractivity contribution in [1.29, 1.82) is 0 Å². The van der Waals surface area contributed by atoms with Crippen LogP contribution in [0.2, 0.25) is 0 Å². The maximum atomic E-state index is 12.3. The fourth-order valence-electron chi connectivity index (χ4n) is 4.29. The summed E-state index contributed by atoms with van der Waals surface area (Å²) in [6.45, 7) is -1.19.